The Morgan fingerprint density at radius 1 is 1.43 bits per heavy atom. The van der Waals surface area contributed by atoms with Gasteiger partial charge in [-0.3, -0.25) is 9.69 Å². The van der Waals surface area contributed by atoms with Crippen LogP contribution in [0.5, 0.6) is 0 Å². The lowest BCUT2D eigenvalue weighted by atomic mass is 10.2. The van der Waals surface area contributed by atoms with Crippen LogP contribution in [0.25, 0.3) is 10.1 Å². The number of nitrogens with one attached hydrogen (secondary N) is 1. The van der Waals surface area contributed by atoms with Gasteiger partial charge in [-0.15, -0.1) is 11.3 Å². The SMILES string of the molecule is CCN(CCNC(=O)c1cc2c(F)cccc2s1)C(C)C. The number of carbonyl (C=O) groups excluding carboxylic acids is 1. The number of fused-ring (bicyclic) bond motifs is 1. The lowest BCUT2D eigenvalue weighted by Crippen LogP contribution is -2.38. The molecule has 1 aromatic carbocycles. The molecule has 1 heterocycles. The van der Waals surface area contributed by atoms with Gasteiger partial charge in [0, 0.05) is 29.2 Å². The minimum Gasteiger partial charge on any atom is -0.350 e. The molecule has 21 heavy (non-hydrogen) atoms. The smallest absolute Gasteiger partial charge is 0.261 e. The normalized spacial score (nSPS) is 11.5. The Labute approximate surface area is 128 Å². The quantitative estimate of drug-likeness (QED) is 0.886. The highest BCUT2D eigenvalue weighted by Gasteiger charge is 2.13. The van der Waals surface area contributed by atoms with Crippen molar-refractivity contribution in [1.29, 1.82) is 0 Å². The zero-order valence-electron chi connectivity index (χ0n) is 12.6. The van der Waals surface area contributed by atoms with Crippen molar-refractivity contribution in [2.24, 2.45) is 0 Å². The highest BCUT2D eigenvalue weighted by atomic mass is 32.1. The Kier molecular flexibility index (Phi) is 5.31. The lowest BCUT2D eigenvalue weighted by Gasteiger charge is -2.24. The highest BCUT2D eigenvalue weighted by molar-refractivity contribution is 7.20. The summed E-state index contributed by atoms with van der Waals surface area (Å²) in [6.45, 7) is 8.76. The maximum Gasteiger partial charge on any atom is 0.261 e. The van der Waals surface area contributed by atoms with Crippen molar-refractivity contribution in [2.45, 2.75) is 26.8 Å². The van der Waals surface area contributed by atoms with Gasteiger partial charge in [0.25, 0.3) is 5.91 Å². The Morgan fingerprint density at radius 3 is 2.81 bits per heavy atom. The summed E-state index contributed by atoms with van der Waals surface area (Å²) in [5, 5.41) is 3.42. The minimum atomic E-state index is -0.278. The van der Waals surface area contributed by atoms with Gasteiger partial charge >= 0.3 is 0 Å². The number of hydrogen-bond acceptors (Lipinski definition) is 3. The van der Waals surface area contributed by atoms with Crippen molar-refractivity contribution in [3.8, 4) is 0 Å². The third-order valence-corrected chi connectivity index (χ3v) is 4.65. The van der Waals surface area contributed by atoms with E-state index in [9.17, 15) is 9.18 Å². The summed E-state index contributed by atoms with van der Waals surface area (Å²) in [6, 6.07) is 7.00. The van der Waals surface area contributed by atoms with E-state index in [1.54, 1.807) is 12.1 Å². The second-order valence-corrected chi connectivity index (χ2v) is 6.32. The topological polar surface area (TPSA) is 32.3 Å². The Bertz CT molecular complexity index is 624. The van der Waals surface area contributed by atoms with Crippen LogP contribution in [0.3, 0.4) is 0 Å². The molecule has 0 aliphatic carbocycles. The molecule has 2 rings (SSSR count). The molecular formula is C16H21FN2OS. The van der Waals surface area contributed by atoms with Crippen molar-refractivity contribution < 1.29 is 9.18 Å². The second kappa shape index (κ2) is 7.00. The molecule has 0 saturated carbocycles. The average Bonchev–Trinajstić information content (AvgIpc) is 2.88. The molecule has 1 aromatic heterocycles. The van der Waals surface area contributed by atoms with Gasteiger partial charge < -0.3 is 5.32 Å². The molecule has 0 aliphatic heterocycles. The molecule has 5 heteroatoms. The van der Waals surface area contributed by atoms with Crippen LogP contribution in [0.4, 0.5) is 4.39 Å². The van der Waals surface area contributed by atoms with Crippen LogP contribution < -0.4 is 5.32 Å². The molecule has 0 bridgehead atoms. The molecule has 2 aromatic rings. The Hall–Kier alpha value is -1.46. The van der Waals surface area contributed by atoms with Crippen LogP contribution >= 0.6 is 11.3 Å². The van der Waals surface area contributed by atoms with Crippen molar-refractivity contribution >= 4 is 27.3 Å². The number of halogens is 1. The first-order chi connectivity index (χ1) is 10.0. The van der Waals surface area contributed by atoms with E-state index in [1.807, 2.05) is 6.07 Å². The molecule has 0 unspecified atom stereocenters. The number of carbonyl (C=O) groups is 1. The van der Waals surface area contributed by atoms with Crippen molar-refractivity contribution in [2.75, 3.05) is 19.6 Å². The summed E-state index contributed by atoms with van der Waals surface area (Å²) < 4.78 is 14.4. The van der Waals surface area contributed by atoms with E-state index < -0.39 is 0 Å². The molecule has 0 fully saturated rings. The van der Waals surface area contributed by atoms with Crippen LogP contribution in [0.15, 0.2) is 24.3 Å². The fraction of sp³-hybridized carbons (Fsp3) is 0.438. The Balaban J connectivity index is 1.98. The van der Waals surface area contributed by atoms with Crippen molar-refractivity contribution in [3.63, 3.8) is 0 Å². The first kappa shape index (κ1) is 15.9. The molecular weight excluding hydrogens is 287 g/mol. The third-order valence-electron chi connectivity index (χ3n) is 3.55. The van der Waals surface area contributed by atoms with E-state index in [-0.39, 0.29) is 11.7 Å². The van der Waals surface area contributed by atoms with Gasteiger partial charge in [0.15, 0.2) is 0 Å². The highest BCUT2D eigenvalue weighted by Crippen LogP contribution is 2.27. The molecule has 0 saturated heterocycles. The number of benzene rings is 1. The molecule has 0 radical (unpaired) electrons. The Morgan fingerprint density at radius 2 is 2.19 bits per heavy atom. The number of rotatable bonds is 6. The van der Waals surface area contributed by atoms with E-state index in [0.29, 0.717) is 22.8 Å². The third kappa shape index (κ3) is 3.80. The van der Waals surface area contributed by atoms with Gasteiger partial charge in [-0.25, -0.2) is 4.39 Å². The van der Waals surface area contributed by atoms with E-state index in [0.717, 1.165) is 17.8 Å². The van der Waals surface area contributed by atoms with Crippen LogP contribution in [-0.2, 0) is 0 Å². The number of thiophene rings is 1. The fourth-order valence-corrected chi connectivity index (χ4v) is 3.31. The van der Waals surface area contributed by atoms with Gasteiger partial charge in [-0.05, 0) is 38.6 Å². The van der Waals surface area contributed by atoms with Crippen molar-refractivity contribution in [1.82, 2.24) is 10.2 Å². The van der Waals surface area contributed by atoms with Gasteiger partial charge in [0.2, 0.25) is 0 Å². The van der Waals surface area contributed by atoms with E-state index in [1.165, 1.54) is 17.4 Å². The van der Waals surface area contributed by atoms with Gasteiger partial charge in [-0.2, -0.15) is 0 Å². The first-order valence-electron chi connectivity index (χ1n) is 7.23. The minimum absolute atomic E-state index is 0.129. The largest absolute Gasteiger partial charge is 0.350 e. The van der Waals surface area contributed by atoms with Gasteiger partial charge in [0.05, 0.1) is 4.88 Å². The maximum atomic E-state index is 13.6. The number of hydrogen-bond donors (Lipinski definition) is 1. The van der Waals surface area contributed by atoms with Crippen LogP contribution in [0, 0.1) is 5.82 Å². The first-order valence-corrected chi connectivity index (χ1v) is 8.05. The predicted molar refractivity (Wildman–Crippen MR) is 86.5 cm³/mol. The van der Waals surface area contributed by atoms with Gasteiger partial charge in [-0.1, -0.05) is 13.0 Å². The molecule has 3 nitrogen and oxygen atoms in total. The summed E-state index contributed by atoms with van der Waals surface area (Å²) in [4.78, 5) is 15.0. The standard InChI is InChI=1S/C16H21FN2OS/c1-4-19(11(2)3)9-8-18-16(20)15-10-12-13(17)6-5-7-14(12)21-15/h5-7,10-11H,4,8-9H2,1-3H3,(H,18,20). The molecule has 114 valence electrons. The lowest BCUT2D eigenvalue weighted by molar-refractivity contribution is 0.0950. The van der Waals surface area contributed by atoms with E-state index in [4.69, 9.17) is 0 Å². The fourth-order valence-electron chi connectivity index (χ4n) is 2.32. The van der Waals surface area contributed by atoms with Gasteiger partial charge in [0.1, 0.15) is 5.82 Å². The summed E-state index contributed by atoms with van der Waals surface area (Å²) >= 11 is 1.32. The van der Waals surface area contributed by atoms with E-state index in [2.05, 4.69) is 31.0 Å². The zero-order valence-corrected chi connectivity index (χ0v) is 13.5. The second-order valence-electron chi connectivity index (χ2n) is 5.24. The molecule has 0 spiro atoms. The van der Waals surface area contributed by atoms with Crippen LogP contribution in [0.2, 0.25) is 0 Å². The zero-order chi connectivity index (χ0) is 15.4. The summed E-state index contributed by atoms with van der Waals surface area (Å²) in [5.41, 5.74) is 0. The van der Waals surface area contributed by atoms with Crippen LogP contribution in [-0.4, -0.2) is 36.5 Å². The molecule has 0 atom stereocenters. The van der Waals surface area contributed by atoms with E-state index >= 15 is 0 Å². The predicted octanol–water partition coefficient (Wildman–Crippen LogP) is 3.50. The average molecular weight is 308 g/mol. The number of nitrogens with zero attached hydrogens (tertiary/aromatic N) is 1. The molecule has 1 amide bonds. The van der Waals surface area contributed by atoms with Crippen LogP contribution in [0.1, 0.15) is 30.4 Å². The summed E-state index contributed by atoms with van der Waals surface area (Å²) in [7, 11) is 0. The van der Waals surface area contributed by atoms with Crippen molar-refractivity contribution in [3.05, 3.63) is 35.0 Å². The number of likely N-dealkylation sites (N-methyl/N-ethyl adjacent to an activating group) is 1. The molecule has 0 aliphatic rings. The number of amides is 1. The maximum absolute atomic E-state index is 13.6. The monoisotopic (exact) mass is 308 g/mol. The summed E-state index contributed by atoms with van der Waals surface area (Å²) in [6.07, 6.45) is 0. The summed E-state index contributed by atoms with van der Waals surface area (Å²) in [5.74, 6) is -0.407. The molecule has 1 N–H and O–H groups in total.